The lowest BCUT2D eigenvalue weighted by atomic mass is 10.1. The highest BCUT2D eigenvalue weighted by molar-refractivity contribution is 6.01. The molecule has 0 radical (unpaired) electrons. The van der Waals surface area contributed by atoms with E-state index in [0.717, 1.165) is 0 Å². The van der Waals surface area contributed by atoms with Gasteiger partial charge in [-0.25, -0.2) is 4.98 Å². The van der Waals surface area contributed by atoms with E-state index in [9.17, 15) is 19.7 Å². The molecule has 9 heteroatoms. The average Bonchev–Trinajstić information content (AvgIpc) is 2.41. The van der Waals surface area contributed by atoms with E-state index >= 15 is 0 Å². The minimum absolute atomic E-state index is 0.140. The Bertz CT molecular complexity index is 574. The number of hydrogen-bond donors (Lipinski definition) is 3. The molecule has 0 bridgehead atoms. The van der Waals surface area contributed by atoms with Crippen molar-refractivity contribution >= 4 is 29.1 Å². The van der Waals surface area contributed by atoms with Crippen LogP contribution in [0.25, 0.3) is 0 Å². The lowest BCUT2D eigenvalue weighted by Crippen LogP contribution is -2.47. The highest BCUT2D eigenvalue weighted by Gasteiger charge is 2.27. The van der Waals surface area contributed by atoms with E-state index in [1.54, 1.807) is 7.05 Å². The molecule has 1 aliphatic heterocycles. The number of rotatable bonds is 4. The van der Waals surface area contributed by atoms with Crippen LogP contribution >= 0.6 is 0 Å². The molecular weight excluding hydrogens is 266 g/mol. The normalized spacial score (nSPS) is 18.4. The minimum atomic E-state index is -0.632. The molecule has 0 aromatic carbocycles. The van der Waals surface area contributed by atoms with Gasteiger partial charge in [-0.3, -0.25) is 25.0 Å². The van der Waals surface area contributed by atoms with Crippen LogP contribution in [0.5, 0.6) is 0 Å². The molecule has 9 nitrogen and oxygen atoms in total. The zero-order valence-electron chi connectivity index (χ0n) is 10.7. The van der Waals surface area contributed by atoms with Crippen LogP contribution in [0.1, 0.15) is 12.8 Å². The van der Waals surface area contributed by atoms with Crippen LogP contribution in [-0.2, 0) is 9.59 Å². The largest absolute Gasteiger partial charge is 0.373 e. The van der Waals surface area contributed by atoms with Gasteiger partial charge in [-0.2, -0.15) is 0 Å². The molecular formula is C11H13N5O4. The lowest BCUT2D eigenvalue weighted by Gasteiger charge is -2.22. The van der Waals surface area contributed by atoms with E-state index in [0.29, 0.717) is 12.2 Å². The number of carbonyl (C=O) groups is 2. The Morgan fingerprint density at radius 1 is 1.40 bits per heavy atom. The second kappa shape index (κ2) is 5.51. The van der Waals surface area contributed by atoms with E-state index in [1.807, 2.05) is 0 Å². The highest BCUT2D eigenvalue weighted by atomic mass is 16.6. The number of nitrogens with zero attached hydrogens (tertiary/aromatic N) is 2. The minimum Gasteiger partial charge on any atom is -0.373 e. The summed E-state index contributed by atoms with van der Waals surface area (Å²) in [6.07, 6.45) is 0.543. The zero-order chi connectivity index (χ0) is 14.7. The summed E-state index contributed by atoms with van der Waals surface area (Å²) in [6, 6.07) is 1.90. The molecule has 1 fully saturated rings. The van der Waals surface area contributed by atoms with E-state index < -0.39 is 16.9 Å². The number of aromatic nitrogens is 1. The number of hydrogen-bond acceptors (Lipinski definition) is 7. The maximum atomic E-state index is 11.6. The third kappa shape index (κ3) is 2.99. The lowest BCUT2D eigenvalue weighted by molar-refractivity contribution is -0.384. The number of nitrogens with one attached hydrogen (secondary N) is 3. The van der Waals surface area contributed by atoms with Gasteiger partial charge in [-0.1, -0.05) is 0 Å². The standard InChI is InChI=1S/C11H13N5O4/c1-12-8-4-6(16(19)20)5-9(14-8)13-7-2-3-10(17)15-11(7)18/h4-5,7H,2-3H2,1H3,(H2,12,13,14)(H,15,17,18). The predicted molar refractivity (Wildman–Crippen MR) is 70.2 cm³/mol. The van der Waals surface area contributed by atoms with Gasteiger partial charge in [0.25, 0.3) is 5.69 Å². The number of imide groups is 1. The third-order valence-corrected chi connectivity index (χ3v) is 2.84. The molecule has 1 aromatic heterocycles. The van der Waals surface area contributed by atoms with Gasteiger partial charge in [0, 0.05) is 13.5 Å². The van der Waals surface area contributed by atoms with Crippen LogP contribution in [0.2, 0.25) is 0 Å². The molecule has 2 rings (SSSR count). The topological polar surface area (TPSA) is 126 Å². The number of anilines is 2. The van der Waals surface area contributed by atoms with Gasteiger partial charge in [-0.05, 0) is 6.42 Å². The van der Waals surface area contributed by atoms with Crippen LogP contribution in [-0.4, -0.2) is 34.8 Å². The van der Waals surface area contributed by atoms with Gasteiger partial charge in [-0.15, -0.1) is 0 Å². The smallest absolute Gasteiger partial charge is 0.276 e. The molecule has 2 amide bonds. The van der Waals surface area contributed by atoms with Gasteiger partial charge < -0.3 is 10.6 Å². The van der Waals surface area contributed by atoms with Crippen molar-refractivity contribution in [2.75, 3.05) is 17.7 Å². The Balaban J connectivity index is 2.20. The first kappa shape index (κ1) is 13.7. The van der Waals surface area contributed by atoms with Gasteiger partial charge in [0.1, 0.15) is 17.7 Å². The predicted octanol–water partition coefficient (Wildman–Crippen LogP) is 0.249. The Kier molecular flexibility index (Phi) is 3.78. The second-order valence-electron chi connectivity index (χ2n) is 4.25. The zero-order valence-corrected chi connectivity index (χ0v) is 10.7. The number of pyridine rings is 1. The number of amides is 2. The number of piperidine rings is 1. The summed E-state index contributed by atoms with van der Waals surface area (Å²) in [4.78, 5) is 37.0. The summed E-state index contributed by atoms with van der Waals surface area (Å²) in [5.41, 5.74) is -0.140. The molecule has 1 aliphatic rings. The summed E-state index contributed by atoms with van der Waals surface area (Å²) in [5, 5.41) is 18.5. The summed E-state index contributed by atoms with van der Waals surface area (Å²) in [5.74, 6) is -0.261. The van der Waals surface area contributed by atoms with Crippen LogP contribution in [0.3, 0.4) is 0 Å². The molecule has 0 aliphatic carbocycles. The Labute approximate surface area is 113 Å². The van der Waals surface area contributed by atoms with Crippen molar-refractivity contribution in [3.8, 4) is 0 Å². The Hall–Kier alpha value is -2.71. The van der Waals surface area contributed by atoms with Gasteiger partial charge in [0.2, 0.25) is 11.8 Å². The summed E-state index contributed by atoms with van der Waals surface area (Å²) < 4.78 is 0. The van der Waals surface area contributed by atoms with Crippen LogP contribution in [0.4, 0.5) is 17.3 Å². The van der Waals surface area contributed by atoms with Crippen molar-refractivity contribution in [2.45, 2.75) is 18.9 Å². The molecule has 2 heterocycles. The van der Waals surface area contributed by atoms with Crippen LogP contribution in [0, 0.1) is 10.1 Å². The van der Waals surface area contributed by atoms with E-state index in [-0.39, 0.29) is 23.8 Å². The SMILES string of the molecule is CNc1cc([N+](=O)[O-])cc(NC2CCC(=O)NC2=O)n1. The molecule has 106 valence electrons. The maximum Gasteiger partial charge on any atom is 0.276 e. The Morgan fingerprint density at radius 2 is 2.10 bits per heavy atom. The highest BCUT2D eigenvalue weighted by Crippen LogP contribution is 2.21. The van der Waals surface area contributed by atoms with E-state index in [1.165, 1.54) is 12.1 Å². The van der Waals surface area contributed by atoms with E-state index in [4.69, 9.17) is 0 Å². The molecule has 1 unspecified atom stereocenters. The molecule has 0 saturated carbocycles. The summed E-state index contributed by atoms with van der Waals surface area (Å²) in [6.45, 7) is 0. The van der Waals surface area contributed by atoms with Crippen molar-refractivity contribution in [3.05, 3.63) is 22.2 Å². The first-order chi connectivity index (χ1) is 9.49. The Morgan fingerprint density at radius 3 is 2.70 bits per heavy atom. The van der Waals surface area contributed by atoms with Crippen LogP contribution < -0.4 is 16.0 Å². The van der Waals surface area contributed by atoms with Gasteiger partial charge in [0.15, 0.2) is 0 Å². The quantitative estimate of drug-likeness (QED) is 0.409. The monoisotopic (exact) mass is 279 g/mol. The number of nitro groups is 1. The maximum absolute atomic E-state index is 11.6. The second-order valence-corrected chi connectivity index (χ2v) is 4.25. The van der Waals surface area contributed by atoms with Gasteiger partial charge in [0.05, 0.1) is 17.1 Å². The van der Waals surface area contributed by atoms with Crippen molar-refractivity contribution in [3.63, 3.8) is 0 Å². The molecule has 1 aromatic rings. The van der Waals surface area contributed by atoms with E-state index in [2.05, 4.69) is 20.9 Å². The molecule has 20 heavy (non-hydrogen) atoms. The van der Waals surface area contributed by atoms with Crippen molar-refractivity contribution in [1.82, 2.24) is 10.3 Å². The van der Waals surface area contributed by atoms with Crippen LogP contribution in [0.15, 0.2) is 12.1 Å². The molecule has 0 spiro atoms. The number of carbonyl (C=O) groups excluding carboxylic acids is 2. The fraction of sp³-hybridized carbons (Fsp3) is 0.364. The summed E-state index contributed by atoms with van der Waals surface area (Å²) >= 11 is 0. The summed E-state index contributed by atoms with van der Waals surface area (Å²) in [7, 11) is 1.59. The first-order valence-corrected chi connectivity index (χ1v) is 5.94. The fourth-order valence-corrected chi connectivity index (χ4v) is 1.83. The van der Waals surface area contributed by atoms with Crippen molar-refractivity contribution in [1.29, 1.82) is 0 Å². The van der Waals surface area contributed by atoms with Crippen molar-refractivity contribution in [2.24, 2.45) is 0 Å². The van der Waals surface area contributed by atoms with Gasteiger partial charge >= 0.3 is 0 Å². The van der Waals surface area contributed by atoms with Crippen molar-refractivity contribution < 1.29 is 14.5 Å². The third-order valence-electron chi connectivity index (χ3n) is 2.84. The fourth-order valence-electron chi connectivity index (χ4n) is 1.83. The molecule has 1 atom stereocenters. The average molecular weight is 279 g/mol. The first-order valence-electron chi connectivity index (χ1n) is 5.94. The molecule has 1 saturated heterocycles. The molecule has 3 N–H and O–H groups in total.